The summed E-state index contributed by atoms with van der Waals surface area (Å²) in [5, 5.41) is 11.0. The number of nitro groups is 1. The molecule has 2 aromatic rings. The fourth-order valence-electron chi connectivity index (χ4n) is 2.08. The summed E-state index contributed by atoms with van der Waals surface area (Å²) in [7, 11) is -4.20. The number of hydrogen-bond acceptors (Lipinski definition) is 7. The number of para-hydroxylation sites is 1. The van der Waals surface area contributed by atoms with Crippen LogP contribution in [0.15, 0.2) is 41.3 Å². The molecule has 1 aliphatic rings. The Bertz CT molecular complexity index is 897. The van der Waals surface area contributed by atoms with Gasteiger partial charge < -0.3 is 15.2 Å². The molecule has 0 atom stereocenters. The molecular weight excluding hydrogens is 326 g/mol. The van der Waals surface area contributed by atoms with Gasteiger partial charge in [0.15, 0.2) is 16.4 Å². The van der Waals surface area contributed by atoms with E-state index in [1.165, 1.54) is 24.3 Å². The van der Waals surface area contributed by atoms with E-state index in [1.54, 1.807) is 0 Å². The first kappa shape index (κ1) is 14.9. The van der Waals surface area contributed by atoms with Crippen LogP contribution in [0.25, 0.3) is 0 Å². The maximum Gasteiger partial charge on any atom is 0.289 e. The Morgan fingerprint density at radius 3 is 2.52 bits per heavy atom. The second-order valence-corrected chi connectivity index (χ2v) is 6.27. The monoisotopic (exact) mass is 337 g/mol. The van der Waals surface area contributed by atoms with Gasteiger partial charge >= 0.3 is 0 Å². The molecule has 0 saturated carbocycles. The van der Waals surface area contributed by atoms with Gasteiger partial charge in [0.1, 0.15) is 0 Å². The lowest BCUT2D eigenvalue weighted by Crippen LogP contribution is -2.15. The van der Waals surface area contributed by atoms with Gasteiger partial charge in [-0.3, -0.25) is 14.8 Å². The van der Waals surface area contributed by atoms with Gasteiger partial charge in [0, 0.05) is 18.2 Å². The minimum atomic E-state index is -4.20. The molecule has 0 radical (unpaired) electrons. The van der Waals surface area contributed by atoms with Crippen molar-refractivity contribution in [1.82, 2.24) is 0 Å². The molecule has 3 rings (SSSR count). The molecule has 23 heavy (non-hydrogen) atoms. The van der Waals surface area contributed by atoms with Crippen LogP contribution in [-0.4, -0.2) is 20.1 Å². The van der Waals surface area contributed by atoms with Gasteiger partial charge in [-0.15, -0.1) is 0 Å². The van der Waals surface area contributed by atoms with E-state index in [1.807, 2.05) is 0 Å². The van der Waals surface area contributed by atoms with Crippen LogP contribution in [0.3, 0.4) is 0 Å². The molecule has 0 fully saturated rings. The smallest absolute Gasteiger partial charge is 0.289 e. The maximum absolute atomic E-state index is 12.4. The zero-order valence-corrected chi connectivity index (χ0v) is 12.4. The molecule has 0 amide bonds. The summed E-state index contributed by atoms with van der Waals surface area (Å²) in [5.74, 6) is 0.732. The van der Waals surface area contributed by atoms with Crippen molar-refractivity contribution in [1.29, 1.82) is 0 Å². The number of nitrogens with two attached hydrogens (primary N) is 1. The summed E-state index contributed by atoms with van der Waals surface area (Å²) in [4.78, 5) is 9.77. The lowest BCUT2D eigenvalue weighted by Gasteiger charge is -2.11. The van der Waals surface area contributed by atoms with Crippen LogP contribution < -0.4 is 19.9 Å². The van der Waals surface area contributed by atoms with E-state index in [0.717, 1.165) is 12.1 Å². The van der Waals surface area contributed by atoms with Gasteiger partial charge in [-0.2, -0.15) is 0 Å². The molecular formula is C13H11N3O6S. The number of anilines is 2. The highest BCUT2D eigenvalue weighted by Crippen LogP contribution is 2.39. The predicted octanol–water partition coefficient (Wildman–Crippen LogP) is 1.71. The Labute approximate surface area is 130 Å². The molecule has 10 heteroatoms. The van der Waals surface area contributed by atoms with Gasteiger partial charge in [-0.05, 0) is 6.07 Å². The normalized spacial score (nSPS) is 12.9. The zero-order valence-electron chi connectivity index (χ0n) is 11.6. The molecule has 0 aromatic heterocycles. The van der Waals surface area contributed by atoms with Crippen LogP contribution in [0.5, 0.6) is 11.5 Å². The molecule has 1 heterocycles. The Hall–Kier alpha value is -3.01. The Kier molecular flexibility index (Phi) is 3.45. The van der Waals surface area contributed by atoms with Crippen LogP contribution in [-0.2, 0) is 10.0 Å². The highest BCUT2D eigenvalue weighted by Gasteiger charge is 2.26. The van der Waals surface area contributed by atoms with Crippen molar-refractivity contribution < 1.29 is 22.8 Å². The van der Waals surface area contributed by atoms with Gasteiger partial charge in [-0.1, -0.05) is 12.1 Å². The minimum absolute atomic E-state index is 0.00906. The number of rotatable bonds is 4. The number of benzene rings is 2. The second-order valence-electron chi connectivity index (χ2n) is 4.62. The zero-order chi connectivity index (χ0) is 16.6. The number of sulfonamides is 1. The number of nitrogens with one attached hydrogen (secondary N) is 1. The average molecular weight is 337 g/mol. The highest BCUT2D eigenvalue weighted by molar-refractivity contribution is 7.92. The van der Waals surface area contributed by atoms with E-state index >= 15 is 0 Å². The predicted molar refractivity (Wildman–Crippen MR) is 80.9 cm³/mol. The van der Waals surface area contributed by atoms with Crippen LogP contribution >= 0.6 is 0 Å². The van der Waals surface area contributed by atoms with Crippen molar-refractivity contribution in [2.24, 2.45) is 0 Å². The van der Waals surface area contributed by atoms with Gasteiger partial charge in [0.2, 0.25) is 6.79 Å². The van der Waals surface area contributed by atoms with Crippen LogP contribution in [0, 0.1) is 10.1 Å². The average Bonchev–Trinajstić information content (AvgIpc) is 2.94. The fourth-order valence-corrected chi connectivity index (χ4v) is 3.33. The molecule has 0 unspecified atom stereocenters. The third kappa shape index (κ3) is 2.71. The summed E-state index contributed by atoms with van der Waals surface area (Å²) in [6.07, 6.45) is 0. The largest absolute Gasteiger partial charge is 0.454 e. The third-order valence-electron chi connectivity index (χ3n) is 3.14. The molecule has 0 bridgehead atoms. The summed E-state index contributed by atoms with van der Waals surface area (Å²) in [6, 6.07) is 7.81. The molecule has 9 nitrogen and oxygen atoms in total. The van der Waals surface area contributed by atoms with Crippen molar-refractivity contribution in [2.45, 2.75) is 4.90 Å². The van der Waals surface area contributed by atoms with Gasteiger partial charge in [0.25, 0.3) is 15.7 Å². The maximum atomic E-state index is 12.4. The van der Waals surface area contributed by atoms with Crippen LogP contribution in [0.1, 0.15) is 0 Å². The fraction of sp³-hybridized carbons (Fsp3) is 0.0769. The number of ether oxygens (including phenoxy) is 2. The number of fused-ring (bicyclic) bond motifs is 1. The first-order valence-corrected chi connectivity index (χ1v) is 7.82. The molecule has 3 N–H and O–H groups in total. The first-order valence-electron chi connectivity index (χ1n) is 6.34. The van der Waals surface area contributed by atoms with Crippen molar-refractivity contribution in [3.8, 4) is 11.5 Å². The third-order valence-corrected chi connectivity index (χ3v) is 4.55. The SMILES string of the molecule is Nc1cc2c(cc1NS(=O)(=O)c1ccccc1[N+](=O)[O-])OCO2. The van der Waals surface area contributed by atoms with E-state index in [4.69, 9.17) is 15.2 Å². The van der Waals surface area contributed by atoms with E-state index in [2.05, 4.69) is 4.72 Å². The summed E-state index contributed by atoms with van der Waals surface area (Å²) < 4.78 is 37.4. The highest BCUT2D eigenvalue weighted by atomic mass is 32.2. The van der Waals surface area contributed by atoms with Gasteiger partial charge in [-0.25, -0.2) is 8.42 Å². The Balaban J connectivity index is 2.01. The molecule has 120 valence electrons. The molecule has 0 aliphatic carbocycles. The molecule has 2 aromatic carbocycles. The first-order chi connectivity index (χ1) is 10.9. The number of nitrogen functional groups attached to an aromatic ring is 1. The van der Waals surface area contributed by atoms with Gasteiger partial charge in [0.05, 0.1) is 16.3 Å². The Morgan fingerprint density at radius 1 is 1.17 bits per heavy atom. The van der Waals surface area contributed by atoms with Crippen LogP contribution in [0.4, 0.5) is 17.1 Å². The second kappa shape index (κ2) is 5.32. The topological polar surface area (TPSA) is 134 Å². The lowest BCUT2D eigenvalue weighted by molar-refractivity contribution is -0.387. The molecule has 1 aliphatic heterocycles. The standard InChI is InChI=1S/C13H11N3O6S/c14-8-5-11-12(22-7-21-11)6-9(8)15-23(19,20)13-4-2-1-3-10(13)16(17)18/h1-6,15H,7,14H2. The van der Waals surface area contributed by atoms with Crippen molar-refractivity contribution in [3.05, 3.63) is 46.5 Å². The molecule has 0 saturated heterocycles. The lowest BCUT2D eigenvalue weighted by atomic mass is 10.2. The Morgan fingerprint density at radius 2 is 1.83 bits per heavy atom. The summed E-state index contributed by atoms with van der Waals surface area (Å²) in [5.41, 5.74) is 5.41. The minimum Gasteiger partial charge on any atom is -0.454 e. The van der Waals surface area contributed by atoms with E-state index in [9.17, 15) is 18.5 Å². The number of nitrogens with zero attached hydrogens (tertiary/aromatic N) is 1. The summed E-state index contributed by atoms with van der Waals surface area (Å²) >= 11 is 0. The van der Waals surface area contributed by atoms with Crippen molar-refractivity contribution in [2.75, 3.05) is 17.2 Å². The number of nitro benzene ring substituents is 1. The van der Waals surface area contributed by atoms with Crippen molar-refractivity contribution >= 4 is 27.1 Å². The summed E-state index contributed by atoms with van der Waals surface area (Å²) in [6.45, 7) is 0.00906. The van der Waals surface area contributed by atoms with Crippen LogP contribution in [0.2, 0.25) is 0 Å². The number of hydrogen-bond donors (Lipinski definition) is 2. The molecule has 0 spiro atoms. The van der Waals surface area contributed by atoms with E-state index in [-0.39, 0.29) is 18.2 Å². The van der Waals surface area contributed by atoms with Crippen molar-refractivity contribution in [3.63, 3.8) is 0 Å². The van der Waals surface area contributed by atoms with E-state index in [0.29, 0.717) is 11.5 Å². The quantitative estimate of drug-likeness (QED) is 0.492. The van der Waals surface area contributed by atoms with E-state index < -0.39 is 25.5 Å².